The Kier molecular flexibility index (Phi) is 3.69. The Morgan fingerprint density at radius 3 is 3.05 bits per heavy atom. The fourth-order valence-electron chi connectivity index (χ4n) is 2.74. The summed E-state index contributed by atoms with van der Waals surface area (Å²) in [6, 6.07) is 5.91. The highest BCUT2D eigenvalue weighted by atomic mass is 16.5. The van der Waals surface area contributed by atoms with E-state index >= 15 is 0 Å². The molecule has 1 fully saturated rings. The Morgan fingerprint density at radius 1 is 1.37 bits per heavy atom. The Morgan fingerprint density at radius 2 is 2.21 bits per heavy atom. The number of nitrogens with one attached hydrogen (secondary N) is 2. The van der Waals surface area contributed by atoms with Gasteiger partial charge in [0.2, 0.25) is 0 Å². The number of benzene rings is 1. The fraction of sp³-hybridized carbons (Fsp3) is 0.533. The minimum Gasteiger partial charge on any atom is -0.384 e. The van der Waals surface area contributed by atoms with Gasteiger partial charge in [-0.1, -0.05) is 0 Å². The van der Waals surface area contributed by atoms with E-state index in [4.69, 9.17) is 4.74 Å². The first-order valence-corrected chi connectivity index (χ1v) is 7.05. The third-order valence-electron chi connectivity index (χ3n) is 3.97. The fourth-order valence-corrected chi connectivity index (χ4v) is 2.74. The van der Waals surface area contributed by atoms with E-state index in [1.165, 1.54) is 11.3 Å². The first kappa shape index (κ1) is 12.5. The van der Waals surface area contributed by atoms with Crippen LogP contribution in [0.15, 0.2) is 18.2 Å². The lowest BCUT2D eigenvalue weighted by molar-refractivity contribution is 0.0642. The standard InChI is InChI=1S/C15H20N2O2/c18-15(17-10-11-4-7-19-8-5-11)13-1-2-14-12(9-13)3-6-16-14/h1-2,9,11,16H,3-8,10H2,(H,17,18). The number of fused-ring (bicyclic) bond motifs is 1. The van der Waals surface area contributed by atoms with E-state index in [0.29, 0.717) is 5.92 Å². The molecule has 0 radical (unpaired) electrons. The van der Waals surface area contributed by atoms with Gasteiger partial charge < -0.3 is 15.4 Å². The minimum atomic E-state index is 0.0428. The van der Waals surface area contributed by atoms with E-state index in [2.05, 4.69) is 10.6 Å². The maximum absolute atomic E-state index is 12.1. The van der Waals surface area contributed by atoms with Crippen molar-refractivity contribution in [1.29, 1.82) is 0 Å². The molecule has 4 heteroatoms. The summed E-state index contributed by atoms with van der Waals surface area (Å²) in [5.74, 6) is 0.606. The van der Waals surface area contributed by atoms with Crippen LogP contribution in [0.3, 0.4) is 0 Å². The number of hydrogen-bond donors (Lipinski definition) is 2. The maximum Gasteiger partial charge on any atom is 0.251 e. The number of amides is 1. The van der Waals surface area contributed by atoms with Crippen LogP contribution in [0.1, 0.15) is 28.8 Å². The molecule has 4 nitrogen and oxygen atoms in total. The number of carbonyl (C=O) groups is 1. The predicted molar refractivity (Wildman–Crippen MR) is 74.5 cm³/mol. The summed E-state index contributed by atoms with van der Waals surface area (Å²) in [4.78, 5) is 12.1. The molecule has 0 spiro atoms. The zero-order valence-corrected chi connectivity index (χ0v) is 11.1. The summed E-state index contributed by atoms with van der Waals surface area (Å²) in [6.07, 6.45) is 3.11. The molecule has 1 amide bonds. The van der Waals surface area contributed by atoms with Crippen LogP contribution in [0.4, 0.5) is 5.69 Å². The van der Waals surface area contributed by atoms with Crippen LogP contribution in [0.5, 0.6) is 0 Å². The van der Waals surface area contributed by atoms with Gasteiger partial charge in [-0.25, -0.2) is 0 Å². The molecule has 1 aromatic carbocycles. The Hall–Kier alpha value is -1.55. The van der Waals surface area contributed by atoms with Gasteiger partial charge in [-0.3, -0.25) is 4.79 Å². The van der Waals surface area contributed by atoms with Crippen LogP contribution < -0.4 is 10.6 Å². The molecule has 0 aromatic heterocycles. The second-order valence-electron chi connectivity index (χ2n) is 5.31. The van der Waals surface area contributed by atoms with E-state index in [0.717, 1.165) is 51.1 Å². The van der Waals surface area contributed by atoms with Crippen molar-refractivity contribution in [3.63, 3.8) is 0 Å². The van der Waals surface area contributed by atoms with Gasteiger partial charge in [0, 0.05) is 37.6 Å². The summed E-state index contributed by atoms with van der Waals surface area (Å²) in [5, 5.41) is 6.35. The van der Waals surface area contributed by atoms with Crippen molar-refractivity contribution in [2.24, 2.45) is 5.92 Å². The summed E-state index contributed by atoms with van der Waals surface area (Å²) < 4.78 is 5.32. The molecule has 0 bridgehead atoms. The monoisotopic (exact) mass is 260 g/mol. The van der Waals surface area contributed by atoms with Crippen LogP contribution in [-0.2, 0) is 11.2 Å². The molecule has 0 saturated carbocycles. The third kappa shape index (κ3) is 2.89. The van der Waals surface area contributed by atoms with E-state index in [1.54, 1.807) is 0 Å². The first-order valence-electron chi connectivity index (χ1n) is 7.05. The largest absolute Gasteiger partial charge is 0.384 e. The molecule has 1 aromatic rings. The maximum atomic E-state index is 12.1. The molecule has 2 aliphatic heterocycles. The van der Waals surface area contributed by atoms with E-state index in [9.17, 15) is 4.79 Å². The Balaban J connectivity index is 1.57. The van der Waals surface area contributed by atoms with Gasteiger partial charge in [0.15, 0.2) is 0 Å². The van der Waals surface area contributed by atoms with Gasteiger partial charge in [0.05, 0.1) is 0 Å². The molecule has 2 heterocycles. The zero-order valence-electron chi connectivity index (χ0n) is 11.1. The van der Waals surface area contributed by atoms with Crippen LogP contribution in [0.25, 0.3) is 0 Å². The van der Waals surface area contributed by atoms with E-state index < -0.39 is 0 Å². The predicted octanol–water partition coefficient (Wildman–Crippen LogP) is 1.81. The molecule has 3 rings (SSSR count). The second kappa shape index (κ2) is 5.61. The number of ether oxygens (including phenoxy) is 1. The third-order valence-corrected chi connectivity index (χ3v) is 3.97. The van der Waals surface area contributed by atoms with Crippen molar-refractivity contribution in [1.82, 2.24) is 5.32 Å². The van der Waals surface area contributed by atoms with Gasteiger partial charge >= 0.3 is 0 Å². The molecule has 1 saturated heterocycles. The topological polar surface area (TPSA) is 50.4 Å². The van der Waals surface area contributed by atoms with Gasteiger partial charge in [-0.05, 0) is 48.9 Å². The van der Waals surface area contributed by atoms with Crippen molar-refractivity contribution in [2.75, 3.05) is 31.6 Å². The van der Waals surface area contributed by atoms with Crippen LogP contribution in [0.2, 0.25) is 0 Å². The second-order valence-corrected chi connectivity index (χ2v) is 5.31. The van der Waals surface area contributed by atoms with E-state index in [1.807, 2.05) is 18.2 Å². The summed E-state index contributed by atoms with van der Waals surface area (Å²) in [6.45, 7) is 3.39. The zero-order chi connectivity index (χ0) is 13.1. The highest BCUT2D eigenvalue weighted by molar-refractivity contribution is 5.95. The lowest BCUT2D eigenvalue weighted by atomic mass is 10.0. The lowest BCUT2D eigenvalue weighted by Gasteiger charge is -2.22. The van der Waals surface area contributed by atoms with Crippen LogP contribution in [-0.4, -0.2) is 32.2 Å². The number of anilines is 1. The molecule has 0 unspecified atom stereocenters. The summed E-state index contributed by atoms with van der Waals surface area (Å²) in [7, 11) is 0. The molecule has 2 N–H and O–H groups in total. The van der Waals surface area contributed by atoms with Gasteiger partial charge in [0.1, 0.15) is 0 Å². The Bertz CT molecular complexity index is 467. The summed E-state index contributed by atoms with van der Waals surface area (Å²) >= 11 is 0. The molecular formula is C15H20N2O2. The van der Waals surface area contributed by atoms with Crippen LogP contribution >= 0.6 is 0 Å². The average molecular weight is 260 g/mol. The minimum absolute atomic E-state index is 0.0428. The van der Waals surface area contributed by atoms with Crippen molar-refractivity contribution >= 4 is 11.6 Å². The highest BCUT2D eigenvalue weighted by Crippen LogP contribution is 2.23. The number of hydrogen-bond acceptors (Lipinski definition) is 3. The molecule has 0 atom stereocenters. The molecular weight excluding hydrogens is 240 g/mol. The quantitative estimate of drug-likeness (QED) is 0.871. The van der Waals surface area contributed by atoms with Crippen molar-refractivity contribution in [3.05, 3.63) is 29.3 Å². The lowest BCUT2D eigenvalue weighted by Crippen LogP contribution is -2.32. The SMILES string of the molecule is O=C(NCC1CCOCC1)c1ccc2c(c1)CCN2. The first-order chi connectivity index (χ1) is 9.33. The van der Waals surface area contributed by atoms with Gasteiger partial charge in [-0.2, -0.15) is 0 Å². The molecule has 102 valence electrons. The molecule has 0 aliphatic carbocycles. The molecule has 19 heavy (non-hydrogen) atoms. The van der Waals surface area contributed by atoms with Crippen molar-refractivity contribution in [2.45, 2.75) is 19.3 Å². The average Bonchev–Trinajstić information content (AvgIpc) is 2.93. The van der Waals surface area contributed by atoms with Gasteiger partial charge in [-0.15, -0.1) is 0 Å². The van der Waals surface area contributed by atoms with Crippen molar-refractivity contribution in [3.8, 4) is 0 Å². The number of rotatable bonds is 3. The van der Waals surface area contributed by atoms with Crippen LogP contribution in [0, 0.1) is 5.92 Å². The summed E-state index contributed by atoms with van der Waals surface area (Å²) in [5.41, 5.74) is 3.19. The Labute approximate surface area is 113 Å². The number of carbonyl (C=O) groups excluding carboxylic acids is 1. The van der Waals surface area contributed by atoms with Gasteiger partial charge in [0.25, 0.3) is 5.91 Å². The van der Waals surface area contributed by atoms with Crippen molar-refractivity contribution < 1.29 is 9.53 Å². The normalized spacial score (nSPS) is 18.7. The highest BCUT2D eigenvalue weighted by Gasteiger charge is 2.16. The molecule has 2 aliphatic rings. The smallest absolute Gasteiger partial charge is 0.251 e. The van der Waals surface area contributed by atoms with E-state index in [-0.39, 0.29) is 5.91 Å².